The van der Waals surface area contributed by atoms with Crippen LogP contribution >= 0.6 is 0 Å². The Morgan fingerprint density at radius 1 is 1.47 bits per heavy atom. The maximum Gasteiger partial charge on any atom is 0.304 e. The first-order chi connectivity index (χ1) is 8.13. The van der Waals surface area contributed by atoms with E-state index in [2.05, 4.69) is 16.7 Å². The summed E-state index contributed by atoms with van der Waals surface area (Å²) in [6, 6.07) is 0.552. The summed E-state index contributed by atoms with van der Waals surface area (Å²) in [5.41, 5.74) is 0. The fourth-order valence-electron chi connectivity index (χ4n) is 2.42. The summed E-state index contributed by atoms with van der Waals surface area (Å²) in [6.45, 7) is 6.39. The van der Waals surface area contributed by atoms with Crippen molar-refractivity contribution in [2.24, 2.45) is 0 Å². The minimum atomic E-state index is -0.699. The van der Waals surface area contributed by atoms with Gasteiger partial charge in [-0.1, -0.05) is 19.8 Å². The minimum absolute atomic E-state index is 0.253. The molecule has 1 rings (SSSR count). The third-order valence-electron chi connectivity index (χ3n) is 3.63. The molecule has 4 heteroatoms. The van der Waals surface area contributed by atoms with Crippen LogP contribution in [0, 0.1) is 0 Å². The van der Waals surface area contributed by atoms with Crippen molar-refractivity contribution in [1.82, 2.24) is 9.80 Å². The molecule has 100 valence electrons. The number of hydrogen-bond acceptors (Lipinski definition) is 3. The Morgan fingerprint density at radius 3 is 2.88 bits per heavy atom. The maximum atomic E-state index is 10.5. The van der Waals surface area contributed by atoms with E-state index in [9.17, 15) is 4.79 Å². The second kappa shape index (κ2) is 7.67. The van der Waals surface area contributed by atoms with E-state index in [0.29, 0.717) is 12.6 Å². The number of nitrogens with zero attached hydrogens (tertiary/aromatic N) is 2. The van der Waals surface area contributed by atoms with Gasteiger partial charge in [0.05, 0.1) is 6.42 Å². The zero-order valence-corrected chi connectivity index (χ0v) is 11.2. The van der Waals surface area contributed by atoms with Gasteiger partial charge in [0.2, 0.25) is 0 Å². The Balaban J connectivity index is 2.17. The van der Waals surface area contributed by atoms with E-state index in [1.165, 1.54) is 38.8 Å². The fourth-order valence-corrected chi connectivity index (χ4v) is 2.42. The second-order valence-corrected chi connectivity index (χ2v) is 5.07. The topological polar surface area (TPSA) is 43.8 Å². The minimum Gasteiger partial charge on any atom is -0.481 e. The summed E-state index contributed by atoms with van der Waals surface area (Å²) in [5.74, 6) is -0.699. The van der Waals surface area contributed by atoms with Gasteiger partial charge in [-0.2, -0.15) is 0 Å². The number of unbranched alkanes of at least 4 members (excludes halogenated alkanes) is 2. The summed E-state index contributed by atoms with van der Waals surface area (Å²) < 4.78 is 0. The van der Waals surface area contributed by atoms with Crippen LogP contribution in [0.2, 0.25) is 0 Å². The normalized spacial score (nSPS) is 21.2. The lowest BCUT2D eigenvalue weighted by Gasteiger charge is -2.24. The van der Waals surface area contributed by atoms with Crippen LogP contribution in [-0.2, 0) is 4.79 Å². The number of carboxylic acids is 1. The zero-order valence-electron chi connectivity index (χ0n) is 11.2. The summed E-state index contributed by atoms with van der Waals surface area (Å²) in [5, 5.41) is 8.66. The Labute approximate surface area is 105 Å². The van der Waals surface area contributed by atoms with Crippen LogP contribution in [0.5, 0.6) is 0 Å². The quantitative estimate of drug-likeness (QED) is 0.657. The molecule has 4 nitrogen and oxygen atoms in total. The first kappa shape index (κ1) is 14.5. The molecule has 1 aliphatic heterocycles. The van der Waals surface area contributed by atoms with Gasteiger partial charge in [-0.15, -0.1) is 0 Å². The molecule has 1 fully saturated rings. The van der Waals surface area contributed by atoms with E-state index in [0.717, 1.165) is 6.54 Å². The van der Waals surface area contributed by atoms with Crippen LogP contribution in [-0.4, -0.2) is 60.1 Å². The Kier molecular flexibility index (Phi) is 6.52. The van der Waals surface area contributed by atoms with Gasteiger partial charge in [-0.25, -0.2) is 0 Å². The first-order valence-electron chi connectivity index (χ1n) is 6.78. The first-order valence-corrected chi connectivity index (χ1v) is 6.78. The van der Waals surface area contributed by atoms with Crippen molar-refractivity contribution in [3.8, 4) is 0 Å². The number of aliphatic carboxylic acids is 1. The van der Waals surface area contributed by atoms with Crippen LogP contribution < -0.4 is 0 Å². The highest BCUT2D eigenvalue weighted by Crippen LogP contribution is 2.15. The van der Waals surface area contributed by atoms with Gasteiger partial charge in [0, 0.05) is 19.1 Å². The number of likely N-dealkylation sites (tertiary alicyclic amines) is 1. The standard InChI is InChI=1S/C13H26N2O2/c1-3-4-5-8-15-10-6-12(11-15)14(2)9-7-13(16)17/h12H,3-11H2,1-2H3,(H,16,17). The van der Waals surface area contributed by atoms with Gasteiger partial charge in [0.25, 0.3) is 0 Å². The van der Waals surface area contributed by atoms with Crippen molar-refractivity contribution in [2.75, 3.05) is 33.2 Å². The second-order valence-electron chi connectivity index (χ2n) is 5.07. The van der Waals surface area contributed by atoms with Gasteiger partial charge in [0.1, 0.15) is 0 Å². The summed E-state index contributed by atoms with van der Waals surface area (Å²) in [6.07, 6.45) is 5.32. The lowest BCUT2D eigenvalue weighted by atomic mass is 10.2. The SMILES string of the molecule is CCCCCN1CCC(N(C)CCC(=O)O)C1. The average molecular weight is 242 g/mol. The molecule has 1 heterocycles. The zero-order chi connectivity index (χ0) is 12.7. The molecular weight excluding hydrogens is 216 g/mol. The molecule has 17 heavy (non-hydrogen) atoms. The molecule has 1 aliphatic rings. The Bertz CT molecular complexity index is 233. The molecule has 0 spiro atoms. The molecule has 0 aromatic rings. The highest BCUT2D eigenvalue weighted by Gasteiger charge is 2.25. The molecule has 1 atom stereocenters. The molecule has 0 aromatic carbocycles. The molecule has 0 aliphatic carbocycles. The van der Waals surface area contributed by atoms with Crippen LogP contribution in [0.1, 0.15) is 39.0 Å². The summed E-state index contributed by atoms with van der Waals surface area (Å²) >= 11 is 0. The van der Waals surface area contributed by atoms with Crippen molar-refractivity contribution in [2.45, 2.75) is 45.1 Å². The van der Waals surface area contributed by atoms with E-state index in [1.54, 1.807) is 0 Å². The van der Waals surface area contributed by atoms with Crippen LogP contribution in [0.4, 0.5) is 0 Å². The summed E-state index contributed by atoms with van der Waals surface area (Å²) in [4.78, 5) is 15.2. The Morgan fingerprint density at radius 2 is 2.24 bits per heavy atom. The van der Waals surface area contributed by atoms with Crippen LogP contribution in [0.25, 0.3) is 0 Å². The smallest absolute Gasteiger partial charge is 0.304 e. The van der Waals surface area contributed by atoms with E-state index in [1.807, 2.05) is 7.05 Å². The Hall–Kier alpha value is -0.610. The molecule has 0 amide bonds. The number of rotatable bonds is 8. The molecule has 1 unspecified atom stereocenters. The molecule has 0 radical (unpaired) electrons. The van der Waals surface area contributed by atoms with Crippen molar-refractivity contribution in [1.29, 1.82) is 0 Å². The number of carbonyl (C=O) groups is 1. The molecule has 1 N–H and O–H groups in total. The van der Waals surface area contributed by atoms with Crippen molar-refractivity contribution < 1.29 is 9.90 Å². The third-order valence-corrected chi connectivity index (χ3v) is 3.63. The van der Waals surface area contributed by atoms with Gasteiger partial charge >= 0.3 is 5.97 Å². The number of likely N-dealkylation sites (N-methyl/N-ethyl adjacent to an activating group) is 1. The molecule has 0 aromatic heterocycles. The monoisotopic (exact) mass is 242 g/mol. The lowest BCUT2D eigenvalue weighted by molar-refractivity contribution is -0.137. The highest BCUT2D eigenvalue weighted by molar-refractivity contribution is 5.66. The van der Waals surface area contributed by atoms with Crippen LogP contribution in [0.15, 0.2) is 0 Å². The molecule has 0 bridgehead atoms. The predicted molar refractivity (Wildman–Crippen MR) is 69.3 cm³/mol. The fraction of sp³-hybridized carbons (Fsp3) is 0.923. The van der Waals surface area contributed by atoms with E-state index < -0.39 is 5.97 Å². The largest absolute Gasteiger partial charge is 0.481 e. The van der Waals surface area contributed by atoms with E-state index >= 15 is 0 Å². The molecule has 1 saturated heterocycles. The maximum absolute atomic E-state index is 10.5. The van der Waals surface area contributed by atoms with Gasteiger partial charge in [0.15, 0.2) is 0 Å². The average Bonchev–Trinajstić information content (AvgIpc) is 2.75. The van der Waals surface area contributed by atoms with Crippen molar-refractivity contribution in [3.63, 3.8) is 0 Å². The van der Waals surface area contributed by atoms with E-state index in [4.69, 9.17) is 5.11 Å². The predicted octanol–water partition coefficient (Wildman–Crippen LogP) is 1.66. The third kappa shape index (κ3) is 5.50. The lowest BCUT2D eigenvalue weighted by Crippen LogP contribution is -2.36. The van der Waals surface area contributed by atoms with E-state index in [-0.39, 0.29) is 6.42 Å². The molecule has 0 saturated carbocycles. The van der Waals surface area contributed by atoms with Crippen molar-refractivity contribution >= 4 is 5.97 Å². The summed E-state index contributed by atoms with van der Waals surface area (Å²) in [7, 11) is 2.04. The highest BCUT2D eigenvalue weighted by atomic mass is 16.4. The molecular formula is C13H26N2O2. The van der Waals surface area contributed by atoms with Crippen molar-refractivity contribution in [3.05, 3.63) is 0 Å². The number of carboxylic acid groups (broad SMARTS) is 1. The number of hydrogen-bond donors (Lipinski definition) is 1. The van der Waals surface area contributed by atoms with Gasteiger partial charge in [-0.3, -0.25) is 4.79 Å². The van der Waals surface area contributed by atoms with Crippen LogP contribution in [0.3, 0.4) is 0 Å². The van der Waals surface area contributed by atoms with Gasteiger partial charge < -0.3 is 14.9 Å². The van der Waals surface area contributed by atoms with Gasteiger partial charge in [-0.05, 0) is 33.0 Å².